The molecule has 1 aliphatic rings. The fourth-order valence-electron chi connectivity index (χ4n) is 7.77. The third-order valence-corrected chi connectivity index (χ3v) is 15.1. The van der Waals surface area contributed by atoms with Crippen LogP contribution < -0.4 is 14.9 Å². The molecule has 6 rings (SSSR count). The molecule has 3 unspecified atom stereocenters. The van der Waals surface area contributed by atoms with Gasteiger partial charge in [-0.1, -0.05) is 61.5 Å². The monoisotopic (exact) mass is 960 g/mol. The van der Waals surface area contributed by atoms with Crippen molar-refractivity contribution in [2.75, 3.05) is 55.8 Å². The van der Waals surface area contributed by atoms with Gasteiger partial charge >= 0.3 is 11.7 Å². The van der Waals surface area contributed by atoms with E-state index >= 15 is 0 Å². The number of likely N-dealkylation sites (N-methyl/N-ethyl adjacent to an activating group) is 1. The van der Waals surface area contributed by atoms with E-state index in [-0.39, 0.29) is 28.7 Å². The quantitative estimate of drug-likeness (QED) is 0.0583. The van der Waals surface area contributed by atoms with Crippen molar-refractivity contribution in [1.29, 1.82) is 0 Å². The lowest BCUT2D eigenvalue weighted by atomic mass is 9.86. The Bertz CT molecular complexity index is 2500. The number of halogens is 6. The Morgan fingerprint density at radius 2 is 1.54 bits per heavy atom. The van der Waals surface area contributed by atoms with Crippen LogP contribution in [0.3, 0.4) is 0 Å². The molecule has 0 bridgehead atoms. The topological polar surface area (TPSA) is 119 Å². The molecule has 0 spiro atoms. The van der Waals surface area contributed by atoms with Crippen molar-refractivity contribution in [2.45, 2.75) is 58.6 Å². The maximum absolute atomic E-state index is 14.1. The summed E-state index contributed by atoms with van der Waals surface area (Å²) in [7, 11) is -6.63. The minimum atomic E-state index is -5.96. The Labute approximate surface area is 382 Å². The second-order valence-corrected chi connectivity index (χ2v) is 20.3. The summed E-state index contributed by atoms with van der Waals surface area (Å²) in [4.78, 5) is 16.7. The van der Waals surface area contributed by atoms with Crippen molar-refractivity contribution >= 4 is 49.9 Å². The van der Waals surface area contributed by atoms with Crippen molar-refractivity contribution in [3.8, 4) is 11.1 Å². The highest BCUT2D eigenvalue weighted by atomic mass is 32.2. The summed E-state index contributed by atoms with van der Waals surface area (Å²) in [6, 6.07) is 31.2. The van der Waals surface area contributed by atoms with E-state index in [4.69, 9.17) is 0 Å². The largest absolute Gasteiger partial charge is 0.501 e. The smallest absolute Gasteiger partial charge is 0.395 e. The van der Waals surface area contributed by atoms with E-state index in [0.29, 0.717) is 49.5 Å². The zero-order valence-corrected chi connectivity index (χ0v) is 38.1. The highest BCUT2D eigenvalue weighted by molar-refractivity contribution is 7.99. The number of carbonyl (C=O) groups is 1. The van der Waals surface area contributed by atoms with Crippen LogP contribution in [0.5, 0.6) is 0 Å². The van der Waals surface area contributed by atoms with Gasteiger partial charge < -0.3 is 20.2 Å². The first-order chi connectivity index (χ1) is 30.8. The zero-order chi connectivity index (χ0) is 46.9. The Balaban J connectivity index is 1.11. The number of benzene rings is 5. The van der Waals surface area contributed by atoms with Crippen LogP contribution in [0, 0.1) is 11.8 Å². The third kappa shape index (κ3) is 12.9. The van der Waals surface area contributed by atoms with Gasteiger partial charge in [-0.05, 0) is 122 Å². The van der Waals surface area contributed by atoms with Crippen LogP contribution in [0.1, 0.15) is 41.3 Å². The number of alkyl halides is 6. The number of carbonyl (C=O) groups excluding carboxylic acids is 1. The van der Waals surface area contributed by atoms with Gasteiger partial charge in [0.05, 0.1) is 22.8 Å². The van der Waals surface area contributed by atoms with E-state index in [2.05, 4.69) is 14.9 Å². The standard InChI is InChI=1S/C47H50F6N4O5S3/c1-32(30-56(2)26-27-58)43(31-63-39-9-4-3-5-10-39)54-42-21-20-40(29-44(42)65(61,62)47(51,52)53)64(60)55-45(59)35-14-18-38(19-15-35)57-24-22-33(23-25-57)28-36-8-6-7-11-41(36)34-12-16-37(17-13-34)46(48,49)50/h3-21,29,32-33,43,54,58H,22-28,30-31H2,1-2H3,(H,55,59). The summed E-state index contributed by atoms with van der Waals surface area (Å²) in [5.41, 5.74) is -3.11. The van der Waals surface area contributed by atoms with Crippen LogP contribution in [-0.2, 0) is 33.4 Å². The first kappa shape index (κ1) is 49.6. The van der Waals surface area contributed by atoms with Crippen LogP contribution in [-0.4, -0.2) is 85.7 Å². The molecule has 1 aliphatic heterocycles. The fourth-order valence-corrected chi connectivity index (χ4v) is 10.7. The second kappa shape index (κ2) is 21.6. The van der Waals surface area contributed by atoms with Gasteiger partial charge in [-0.2, -0.15) is 26.3 Å². The highest BCUT2D eigenvalue weighted by Gasteiger charge is 2.48. The molecule has 0 aliphatic carbocycles. The normalized spacial score (nSPS) is 15.4. The number of aliphatic hydroxyl groups excluding tert-OH is 1. The molecule has 3 N–H and O–H groups in total. The summed E-state index contributed by atoms with van der Waals surface area (Å²) in [6.45, 7) is 3.96. The number of nitrogens with one attached hydrogen (secondary N) is 2. The molecular formula is C47H50F6N4O5S3. The van der Waals surface area contributed by atoms with Gasteiger partial charge in [-0.15, -0.1) is 11.8 Å². The molecule has 5 aromatic carbocycles. The van der Waals surface area contributed by atoms with E-state index in [9.17, 15) is 48.9 Å². The predicted molar refractivity (Wildman–Crippen MR) is 244 cm³/mol. The van der Waals surface area contributed by atoms with Crippen molar-refractivity contribution < 1.29 is 48.9 Å². The van der Waals surface area contributed by atoms with Crippen molar-refractivity contribution in [3.63, 3.8) is 0 Å². The van der Waals surface area contributed by atoms with E-state index in [1.165, 1.54) is 42.1 Å². The molecule has 9 nitrogen and oxygen atoms in total. The van der Waals surface area contributed by atoms with Crippen LogP contribution in [0.25, 0.3) is 11.1 Å². The number of aliphatic hydroxyl groups is 1. The molecule has 0 saturated carbocycles. The summed E-state index contributed by atoms with van der Waals surface area (Å²) >= 11 is 1.43. The molecule has 1 amide bonds. The number of rotatable bonds is 18. The number of hydrogen-bond acceptors (Lipinski definition) is 9. The lowest BCUT2D eigenvalue weighted by molar-refractivity contribution is -0.137. The van der Waals surface area contributed by atoms with Gasteiger partial charge in [0.25, 0.3) is 15.7 Å². The summed E-state index contributed by atoms with van der Waals surface area (Å²) < 4.78 is 124. The number of amides is 1. The van der Waals surface area contributed by atoms with E-state index in [1.54, 1.807) is 19.2 Å². The van der Waals surface area contributed by atoms with E-state index in [1.807, 2.05) is 66.4 Å². The molecule has 348 valence electrons. The maximum Gasteiger partial charge on any atom is 0.501 e. The Morgan fingerprint density at radius 1 is 0.892 bits per heavy atom. The van der Waals surface area contributed by atoms with Crippen LogP contribution in [0.2, 0.25) is 0 Å². The van der Waals surface area contributed by atoms with E-state index < -0.39 is 54.9 Å². The number of sulfone groups is 1. The average molecular weight is 961 g/mol. The molecule has 0 radical (unpaired) electrons. The molecule has 1 heterocycles. The van der Waals surface area contributed by atoms with Crippen LogP contribution in [0.4, 0.5) is 37.7 Å². The van der Waals surface area contributed by atoms with E-state index in [0.717, 1.165) is 59.2 Å². The molecule has 5 aromatic rings. The first-order valence-corrected chi connectivity index (χ1v) is 24.5. The number of thioether (sulfide) groups is 1. The summed E-state index contributed by atoms with van der Waals surface area (Å²) in [5.74, 6) is -0.362. The molecule has 65 heavy (non-hydrogen) atoms. The molecular weight excluding hydrogens is 911 g/mol. The predicted octanol–water partition coefficient (Wildman–Crippen LogP) is 9.71. The molecule has 1 fully saturated rings. The van der Waals surface area contributed by atoms with Crippen molar-refractivity contribution in [2.24, 2.45) is 11.8 Å². The minimum absolute atomic E-state index is 0.103. The van der Waals surface area contributed by atoms with Crippen LogP contribution in [0.15, 0.2) is 136 Å². The number of nitrogens with zero attached hydrogens (tertiary/aromatic N) is 2. The van der Waals surface area contributed by atoms with Gasteiger partial charge in [0.2, 0.25) is 0 Å². The lowest BCUT2D eigenvalue weighted by Crippen LogP contribution is -2.38. The second-order valence-electron chi connectivity index (χ2n) is 16.1. The molecule has 0 aromatic heterocycles. The van der Waals surface area contributed by atoms with Crippen LogP contribution >= 0.6 is 11.8 Å². The molecule has 1 saturated heterocycles. The fraction of sp³-hybridized carbons (Fsp3) is 0.340. The van der Waals surface area contributed by atoms with Gasteiger partial charge in [0.1, 0.15) is 4.90 Å². The third-order valence-electron chi connectivity index (χ3n) is 11.4. The number of anilines is 2. The first-order valence-electron chi connectivity index (χ1n) is 20.9. The molecule has 18 heteroatoms. The summed E-state index contributed by atoms with van der Waals surface area (Å²) in [5, 5.41) is 12.4. The average Bonchev–Trinajstić information content (AvgIpc) is 3.28. The van der Waals surface area contributed by atoms with Gasteiger partial charge in [0, 0.05) is 54.1 Å². The lowest BCUT2D eigenvalue weighted by Gasteiger charge is -2.34. The van der Waals surface area contributed by atoms with Gasteiger partial charge in [-0.25, -0.2) is 12.6 Å². The Kier molecular flexibility index (Phi) is 16.5. The maximum atomic E-state index is 14.1. The summed E-state index contributed by atoms with van der Waals surface area (Å²) in [6.07, 6.45) is -1.97. The van der Waals surface area contributed by atoms with Gasteiger partial charge in [0.15, 0.2) is 11.0 Å². The van der Waals surface area contributed by atoms with Gasteiger partial charge in [-0.3, -0.25) is 9.52 Å². The SMILES string of the molecule is CC(CN(C)CCO)C(CSc1ccccc1)Nc1ccc(S(=O)NC(=O)c2ccc(N3CCC(Cc4ccccc4-c4ccc(C(F)(F)F)cc4)CC3)cc2)cc1S(=O)(=O)C(F)(F)F. The number of hydrogen-bond donors (Lipinski definition) is 3. The van der Waals surface area contributed by atoms with Crippen molar-refractivity contribution in [3.05, 3.63) is 138 Å². The Hall–Kier alpha value is -4.88. The molecule has 3 atom stereocenters. The highest BCUT2D eigenvalue weighted by Crippen LogP contribution is 2.38. The zero-order valence-electron chi connectivity index (χ0n) is 35.6. The Morgan fingerprint density at radius 3 is 2.17 bits per heavy atom. The minimum Gasteiger partial charge on any atom is -0.395 e. The number of piperidine rings is 1. The van der Waals surface area contributed by atoms with Crippen molar-refractivity contribution in [1.82, 2.24) is 9.62 Å².